The standard InChI is InChI=1S/C23H23BN4O4/c1-13-21(15-4-7-20(30-3)25-10-15)32-22-17(29-2)8-14(9-18(22)31-13)11-28-12-26-16-5-6-19(24)27-23(16)28/h4-10,12-13,21H,11,24H2,1-3H3/t13-,21+/m0/s1. The maximum Gasteiger partial charge on any atom is 0.212 e. The van der Waals surface area contributed by atoms with Gasteiger partial charge in [0.05, 0.1) is 27.1 Å². The average molecular weight is 430 g/mol. The molecule has 0 saturated heterocycles. The van der Waals surface area contributed by atoms with Crippen LogP contribution in [0, 0.1) is 0 Å². The molecule has 1 aliphatic rings. The first-order valence-electron chi connectivity index (χ1n) is 10.4. The zero-order chi connectivity index (χ0) is 22.2. The lowest BCUT2D eigenvalue weighted by molar-refractivity contribution is 0.0277. The summed E-state index contributed by atoms with van der Waals surface area (Å²) in [4.78, 5) is 13.4. The Kier molecular flexibility index (Phi) is 5.09. The predicted octanol–water partition coefficient (Wildman–Crippen LogP) is 2.05. The number of ether oxygens (including phenoxy) is 4. The molecule has 4 heterocycles. The second kappa shape index (κ2) is 8.07. The molecule has 0 saturated carbocycles. The fraction of sp³-hybridized carbons (Fsp3) is 0.261. The van der Waals surface area contributed by atoms with Gasteiger partial charge in [-0.05, 0) is 48.4 Å². The van der Waals surface area contributed by atoms with Crippen molar-refractivity contribution >= 4 is 24.6 Å². The molecular weight excluding hydrogens is 407 g/mol. The van der Waals surface area contributed by atoms with Crippen LogP contribution < -0.4 is 24.5 Å². The van der Waals surface area contributed by atoms with Crippen LogP contribution in [0.3, 0.4) is 0 Å². The first-order valence-corrected chi connectivity index (χ1v) is 10.4. The minimum absolute atomic E-state index is 0.212. The lowest BCUT2D eigenvalue weighted by atomic mass is 10.0. The van der Waals surface area contributed by atoms with E-state index in [-0.39, 0.29) is 12.2 Å². The Balaban J connectivity index is 1.46. The Bertz CT molecular complexity index is 1280. The lowest BCUT2D eigenvalue weighted by Gasteiger charge is -2.33. The highest BCUT2D eigenvalue weighted by atomic mass is 16.6. The van der Waals surface area contributed by atoms with Gasteiger partial charge in [0.15, 0.2) is 31.1 Å². The molecule has 8 nitrogen and oxygen atoms in total. The highest BCUT2D eigenvalue weighted by Crippen LogP contribution is 2.46. The Hall–Kier alpha value is -3.75. The molecule has 0 amide bonds. The first kappa shape index (κ1) is 20.2. The summed E-state index contributed by atoms with van der Waals surface area (Å²) in [6, 6.07) is 11.6. The van der Waals surface area contributed by atoms with Gasteiger partial charge in [-0.1, -0.05) is 0 Å². The van der Waals surface area contributed by atoms with Gasteiger partial charge in [-0.15, -0.1) is 0 Å². The van der Waals surface area contributed by atoms with Gasteiger partial charge in [0.25, 0.3) is 0 Å². The molecular formula is C23H23BN4O4. The number of fused-ring (bicyclic) bond motifs is 2. The minimum Gasteiger partial charge on any atom is -0.493 e. The van der Waals surface area contributed by atoms with Crippen LogP contribution in [0.15, 0.2) is 48.9 Å². The first-order chi connectivity index (χ1) is 15.6. The van der Waals surface area contributed by atoms with Crippen molar-refractivity contribution in [2.75, 3.05) is 14.2 Å². The summed E-state index contributed by atoms with van der Waals surface area (Å²) in [6.45, 7) is 2.56. The summed E-state index contributed by atoms with van der Waals surface area (Å²) < 4.78 is 25.4. The van der Waals surface area contributed by atoms with Crippen molar-refractivity contribution in [2.24, 2.45) is 0 Å². The molecule has 9 heteroatoms. The molecule has 0 unspecified atom stereocenters. The molecule has 0 spiro atoms. The smallest absolute Gasteiger partial charge is 0.212 e. The molecule has 3 aromatic heterocycles. The maximum absolute atomic E-state index is 6.34. The van der Waals surface area contributed by atoms with E-state index in [2.05, 4.69) is 15.0 Å². The fourth-order valence-corrected chi connectivity index (χ4v) is 3.93. The molecule has 32 heavy (non-hydrogen) atoms. The Labute approximate surface area is 186 Å². The van der Waals surface area contributed by atoms with Crippen molar-refractivity contribution in [1.82, 2.24) is 19.5 Å². The van der Waals surface area contributed by atoms with Crippen molar-refractivity contribution in [3.63, 3.8) is 0 Å². The zero-order valence-electron chi connectivity index (χ0n) is 18.4. The number of nitrogens with zero attached hydrogens (tertiary/aromatic N) is 4. The fourth-order valence-electron chi connectivity index (χ4n) is 3.93. The van der Waals surface area contributed by atoms with Gasteiger partial charge < -0.3 is 23.5 Å². The number of imidazole rings is 1. The molecule has 0 fully saturated rings. The van der Waals surface area contributed by atoms with Gasteiger partial charge >= 0.3 is 0 Å². The van der Waals surface area contributed by atoms with E-state index < -0.39 is 0 Å². The summed E-state index contributed by atoms with van der Waals surface area (Å²) in [5.41, 5.74) is 4.57. The van der Waals surface area contributed by atoms with Crippen LogP contribution in [0.1, 0.15) is 24.2 Å². The van der Waals surface area contributed by atoms with Crippen molar-refractivity contribution in [2.45, 2.75) is 25.7 Å². The number of benzene rings is 1. The highest BCUT2D eigenvalue weighted by Gasteiger charge is 2.32. The summed E-state index contributed by atoms with van der Waals surface area (Å²) >= 11 is 0. The van der Waals surface area contributed by atoms with Crippen LogP contribution in [0.5, 0.6) is 23.1 Å². The van der Waals surface area contributed by atoms with E-state index in [0.29, 0.717) is 29.7 Å². The Morgan fingerprint density at radius 1 is 1.06 bits per heavy atom. The van der Waals surface area contributed by atoms with Crippen LogP contribution in [0.25, 0.3) is 11.2 Å². The van der Waals surface area contributed by atoms with Crippen LogP contribution >= 0.6 is 0 Å². The molecule has 1 aromatic carbocycles. The summed E-state index contributed by atoms with van der Waals surface area (Å²) in [5, 5.41) is 0. The molecule has 0 N–H and O–H groups in total. The predicted molar refractivity (Wildman–Crippen MR) is 122 cm³/mol. The third-order valence-electron chi connectivity index (χ3n) is 5.54. The van der Waals surface area contributed by atoms with E-state index in [0.717, 1.165) is 27.9 Å². The lowest BCUT2D eigenvalue weighted by Crippen LogP contribution is -2.31. The average Bonchev–Trinajstić information content (AvgIpc) is 3.19. The second-order valence-electron chi connectivity index (χ2n) is 7.79. The van der Waals surface area contributed by atoms with Crippen LogP contribution in [0.4, 0.5) is 0 Å². The Morgan fingerprint density at radius 2 is 1.94 bits per heavy atom. The molecule has 5 rings (SSSR count). The number of methoxy groups -OCH3 is 2. The van der Waals surface area contributed by atoms with Gasteiger partial charge in [0, 0.05) is 17.8 Å². The molecule has 0 aliphatic carbocycles. The van der Waals surface area contributed by atoms with Gasteiger partial charge in [0.1, 0.15) is 11.6 Å². The number of hydrogen-bond acceptors (Lipinski definition) is 7. The van der Waals surface area contributed by atoms with E-state index in [9.17, 15) is 0 Å². The third-order valence-corrected chi connectivity index (χ3v) is 5.54. The quantitative estimate of drug-likeness (QED) is 0.449. The van der Waals surface area contributed by atoms with Crippen molar-refractivity contribution in [1.29, 1.82) is 0 Å². The van der Waals surface area contributed by atoms with E-state index >= 15 is 0 Å². The van der Waals surface area contributed by atoms with Crippen LogP contribution in [-0.4, -0.2) is 47.7 Å². The van der Waals surface area contributed by atoms with E-state index in [1.54, 1.807) is 26.7 Å². The van der Waals surface area contributed by atoms with E-state index in [4.69, 9.17) is 18.9 Å². The molecule has 1 aliphatic heterocycles. The summed E-state index contributed by atoms with van der Waals surface area (Å²) in [5.74, 6) is 2.40. The minimum atomic E-state index is -0.314. The molecule has 0 radical (unpaired) electrons. The largest absolute Gasteiger partial charge is 0.493 e. The zero-order valence-corrected chi connectivity index (χ0v) is 18.4. The number of rotatable bonds is 5. The number of aromatic nitrogens is 4. The highest BCUT2D eigenvalue weighted by molar-refractivity contribution is 6.31. The molecule has 4 aromatic rings. The van der Waals surface area contributed by atoms with E-state index in [1.807, 2.05) is 55.7 Å². The topological polar surface area (TPSA) is 80.5 Å². The third kappa shape index (κ3) is 3.59. The van der Waals surface area contributed by atoms with Crippen LogP contribution in [0.2, 0.25) is 0 Å². The second-order valence-corrected chi connectivity index (χ2v) is 7.79. The Morgan fingerprint density at radius 3 is 2.69 bits per heavy atom. The van der Waals surface area contributed by atoms with Crippen molar-refractivity contribution < 1.29 is 18.9 Å². The normalized spacial score (nSPS) is 17.3. The van der Waals surface area contributed by atoms with Gasteiger partial charge in [0.2, 0.25) is 11.6 Å². The molecule has 0 bridgehead atoms. The van der Waals surface area contributed by atoms with Crippen molar-refractivity contribution in [3.05, 3.63) is 60.0 Å². The SMILES string of the molecule is Bc1ccc2ncn(Cc3cc(OC)c4c(c3)O[C@@H](C)[C@H](c3ccc(OC)nc3)O4)c2n1. The summed E-state index contributed by atoms with van der Waals surface area (Å²) in [7, 11) is 5.19. The molecule has 162 valence electrons. The van der Waals surface area contributed by atoms with Gasteiger partial charge in [-0.3, -0.25) is 0 Å². The van der Waals surface area contributed by atoms with Crippen molar-refractivity contribution in [3.8, 4) is 23.1 Å². The van der Waals surface area contributed by atoms with Crippen LogP contribution in [-0.2, 0) is 6.54 Å². The van der Waals surface area contributed by atoms with Gasteiger partial charge in [-0.2, -0.15) is 0 Å². The molecule has 2 atom stereocenters. The number of hydrogen-bond donors (Lipinski definition) is 0. The summed E-state index contributed by atoms with van der Waals surface area (Å²) in [6.07, 6.45) is 3.02. The monoisotopic (exact) mass is 430 g/mol. The maximum atomic E-state index is 6.34. The van der Waals surface area contributed by atoms with Gasteiger partial charge in [-0.25, -0.2) is 15.0 Å². The van der Waals surface area contributed by atoms with E-state index in [1.165, 1.54) is 0 Å². The number of pyridine rings is 2.